The maximum Gasteiger partial charge on any atom is 0.671 e. The average Bonchev–Trinajstić information content (AvgIpc) is 2.55. The number of hydrogen-bond acceptors (Lipinski definition) is 9. The molecule has 0 amide bonds. The molecule has 0 aliphatic rings. The fourth-order valence-electron chi connectivity index (χ4n) is 2.02. The zero-order valence-electron chi connectivity index (χ0n) is 16.7. The van der Waals surface area contributed by atoms with Crippen molar-refractivity contribution in [2.45, 2.75) is 41.2 Å². The maximum atomic E-state index is 6.11. The van der Waals surface area contributed by atoms with Gasteiger partial charge >= 0.3 is 26.9 Å². The summed E-state index contributed by atoms with van der Waals surface area (Å²) in [6, 6.07) is 0. The van der Waals surface area contributed by atoms with Crippen LogP contribution in [0.15, 0.2) is 0 Å². The minimum Gasteiger partial charge on any atom is -0.375 e. The van der Waals surface area contributed by atoms with Gasteiger partial charge in [0.05, 0.1) is 0 Å². The first-order valence-corrected chi connectivity index (χ1v) is 14.0. The Morgan fingerprint density at radius 1 is 0.520 bits per heavy atom. The Hall–Kier alpha value is 0.291. The van der Waals surface area contributed by atoms with Crippen LogP contribution in [0, 0.1) is 0 Å². The Balaban J connectivity index is 5.60. The quantitative estimate of drug-likeness (QED) is 0.349. The molecule has 0 rings (SSSR count). The van der Waals surface area contributed by atoms with Gasteiger partial charge in [0.1, 0.15) is 0 Å². The fraction of sp³-hybridized carbons (Fsp3) is 1.00. The third-order valence-electron chi connectivity index (χ3n) is 2.81. The van der Waals surface area contributed by atoms with Crippen molar-refractivity contribution in [2.75, 3.05) is 47.3 Å². The Morgan fingerprint density at radius 2 is 0.800 bits per heavy atom. The molecule has 0 aliphatic carbocycles. The highest BCUT2D eigenvalue weighted by molar-refractivity contribution is 6.77. The van der Waals surface area contributed by atoms with E-state index in [9.17, 15) is 0 Å². The molecule has 0 N–H and O–H groups in total. The lowest BCUT2D eigenvalue weighted by atomic mass is 10.9. The van der Waals surface area contributed by atoms with Crippen LogP contribution in [-0.4, -0.2) is 74.2 Å². The van der Waals surface area contributed by atoms with Gasteiger partial charge in [0.25, 0.3) is 0 Å². The zero-order valence-corrected chi connectivity index (χ0v) is 19.7. The Morgan fingerprint density at radius 3 is 1.00 bits per heavy atom. The van der Waals surface area contributed by atoms with Gasteiger partial charge in [-0.25, -0.2) is 0 Å². The Labute approximate surface area is 155 Å². The van der Waals surface area contributed by atoms with Crippen molar-refractivity contribution < 1.29 is 39.2 Å². The molecule has 0 spiro atoms. The van der Waals surface area contributed by atoms with Crippen molar-refractivity contribution in [1.82, 2.24) is 0 Å². The molecule has 0 aromatic carbocycles. The minimum absolute atomic E-state index is 0.362. The van der Waals surface area contributed by atoms with Crippen LogP contribution in [0.4, 0.5) is 0 Å². The standard InChI is InChI=1S/C13H34O9Si3/c1-9-16-23(8,21-24(14-6,17-10-2)18-11-3)22-25(15-7,19-12-4)20-13-5/h9-13H2,1-8H3. The van der Waals surface area contributed by atoms with Crippen molar-refractivity contribution in [2.24, 2.45) is 0 Å². The summed E-state index contributed by atoms with van der Waals surface area (Å²) in [6.07, 6.45) is 0. The molecule has 0 fully saturated rings. The first-order chi connectivity index (χ1) is 11.8. The molecule has 0 aromatic rings. The molecule has 152 valence electrons. The first-order valence-electron chi connectivity index (χ1n) is 8.54. The van der Waals surface area contributed by atoms with Crippen LogP contribution in [0.3, 0.4) is 0 Å². The van der Waals surface area contributed by atoms with Gasteiger partial charge in [-0.2, -0.15) is 0 Å². The topological polar surface area (TPSA) is 83.1 Å². The predicted molar refractivity (Wildman–Crippen MR) is 97.4 cm³/mol. The van der Waals surface area contributed by atoms with Crippen molar-refractivity contribution in [3.63, 3.8) is 0 Å². The van der Waals surface area contributed by atoms with Crippen LogP contribution in [0.2, 0.25) is 6.55 Å². The highest BCUT2D eigenvalue weighted by atomic mass is 28.5. The van der Waals surface area contributed by atoms with Crippen molar-refractivity contribution in [1.29, 1.82) is 0 Å². The second kappa shape index (κ2) is 12.6. The van der Waals surface area contributed by atoms with Crippen LogP contribution >= 0.6 is 0 Å². The summed E-state index contributed by atoms with van der Waals surface area (Å²) in [7, 11) is -7.25. The summed E-state index contributed by atoms with van der Waals surface area (Å²) < 4.78 is 51.6. The molecule has 0 aliphatic heterocycles. The summed E-state index contributed by atoms with van der Waals surface area (Å²) in [5.41, 5.74) is 0. The second-order valence-electron chi connectivity index (χ2n) is 4.64. The number of hydrogen-bond donors (Lipinski definition) is 0. The van der Waals surface area contributed by atoms with Gasteiger partial charge in [-0.15, -0.1) is 0 Å². The van der Waals surface area contributed by atoms with Gasteiger partial charge in [0.15, 0.2) is 0 Å². The summed E-state index contributed by atoms with van der Waals surface area (Å²) in [4.78, 5) is 0. The molecule has 0 bridgehead atoms. The normalized spacial score (nSPS) is 13.4. The monoisotopic (exact) mass is 418 g/mol. The van der Waals surface area contributed by atoms with Crippen LogP contribution < -0.4 is 0 Å². The van der Waals surface area contributed by atoms with E-state index in [4.69, 9.17) is 39.2 Å². The van der Waals surface area contributed by atoms with E-state index in [1.807, 2.05) is 34.6 Å². The van der Waals surface area contributed by atoms with E-state index in [0.717, 1.165) is 0 Å². The molecule has 0 unspecified atom stereocenters. The van der Waals surface area contributed by atoms with E-state index in [0.29, 0.717) is 33.0 Å². The third kappa shape index (κ3) is 8.23. The lowest BCUT2D eigenvalue weighted by molar-refractivity contribution is -0.0305. The van der Waals surface area contributed by atoms with Crippen LogP contribution in [0.1, 0.15) is 34.6 Å². The SMILES string of the molecule is CCO[Si](C)(O[Si](OC)(OCC)OCC)O[Si](OC)(OCC)OCC. The third-order valence-corrected chi connectivity index (χ3v) is 12.2. The van der Waals surface area contributed by atoms with E-state index in [-0.39, 0.29) is 0 Å². The summed E-state index contributed by atoms with van der Waals surface area (Å²) >= 11 is 0. The van der Waals surface area contributed by atoms with Crippen LogP contribution in [0.5, 0.6) is 0 Å². The lowest BCUT2D eigenvalue weighted by Crippen LogP contribution is -2.64. The van der Waals surface area contributed by atoms with Gasteiger partial charge in [0, 0.05) is 53.8 Å². The maximum absolute atomic E-state index is 6.11. The molecule has 0 heterocycles. The van der Waals surface area contributed by atoms with E-state index in [1.165, 1.54) is 14.2 Å². The highest BCUT2D eigenvalue weighted by Gasteiger charge is 2.60. The zero-order chi connectivity index (χ0) is 19.4. The Kier molecular flexibility index (Phi) is 12.8. The van der Waals surface area contributed by atoms with E-state index in [1.54, 1.807) is 6.55 Å². The smallest absolute Gasteiger partial charge is 0.375 e. The summed E-state index contributed by atoms with van der Waals surface area (Å²) in [6.45, 7) is 12.7. The van der Waals surface area contributed by atoms with Crippen molar-refractivity contribution in [3.05, 3.63) is 0 Å². The van der Waals surface area contributed by atoms with E-state index < -0.39 is 26.9 Å². The van der Waals surface area contributed by atoms with Gasteiger partial charge in [0.2, 0.25) is 0 Å². The van der Waals surface area contributed by atoms with E-state index >= 15 is 0 Å². The molecular weight excluding hydrogens is 384 g/mol. The van der Waals surface area contributed by atoms with Gasteiger partial charge in [-0.1, -0.05) is 0 Å². The van der Waals surface area contributed by atoms with Crippen LogP contribution in [0.25, 0.3) is 0 Å². The van der Waals surface area contributed by atoms with Crippen LogP contribution in [-0.2, 0) is 39.2 Å². The minimum atomic E-state index is -3.43. The highest BCUT2D eigenvalue weighted by Crippen LogP contribution is 2.25. The molecule has 0 saturated heterocycles. The molecule has 0 radical (unpaired) electrons. The number of rotatable bonds is 16. The molecular formula is C13H34O9Si3. The Bertz CT molecular complexity index is 311. The predicted octanol–water partition coefficient (Wildman–Crippen LogP) is 1.93. The van der Waals surface area contributed by atoms with Crippen molar-refractivity contribution >= 4 is 26.9 Å². The molecule has 0 atom stereocenters. The molecule has 12 heteroatoms. The second-order valence-corrected chi connectivity index (χ2v) is 12.3. The van der Waals surface area contributed by atoms with E-state index in [2.05, 4.69) is 0 Å². The first kappa shape index (κ1) is 25.3. The van der Waals surface area contributed by atoms with Gasteiger partial charge in [-0.3, -0.25) is 0 Å². The summed E-state index contributed by atoms with van der Waals surface area (Å²) in [5, 5.41) is 0. The lowest BCUT2D eigenvalue weighted by Gasteiger charge is -2.37. The molecule has 9 nitrogen and oxygen atoms in total. The van der Waals surface area contributed by atoms with Crippen molar-refractivity contribution in [3.8, 4) is 0 Å². The average molecular weight is 419 g/mol. The molecule has 0 aromatic heterocycles. The van der Waals surface area contributed by atoms with Gasteiger partial charge < -0.3 is 39.2 Å². The molecule has 0 saturated carbocycles. The summed E-state index contributed by atoms with van der Waals surface area (Å²) in [5.74, 6) is 0. The molecule has 25 heavy (non-hydrogen) atoms. The fourth-order valence-corrected chi connectivity index (χ4v) is 10.9. The largest absolute Gasteiger partial charge is 0.671 e. The van der Waals surface area contributed by atoms with Gasteiger partial charge in [-0.05, 0) is 34.6 Å².